The van der Waals surface area contributed by atoms with Crippen molar-refractivity contribution in [3.8, 4) is 0 Å². The fourth-order valence-corrected chi connectivity index (χ4v) is 10.6. The van der Waals surface area contributed by atoms with Crippen LogP contribution in [-0.4, -0.2) is 26.2 Å². The van der Waals surface area contributed by atoms with Gasteiger partial charge in [-0.05, 0) is 104 Å². The van der Waals surface area contributed by atoms with E-state index in [0.717, 1.165) is 36.5 Å². The second-order valence-corrected chi connectivity index (χ2v) is 16.9. The van der Waals surface area contributed by atoms with Crippen molar-refractivity contribution in [2.75, 3.05) is 0 Å². The third-order valence-corrected chi connectivity index (χ3v) is 13.3. The first-order valence-corrected chi connectivity index (χ1v) is 18.3. The average Bonchev–Trinajstić information content (AvgIpc) is 3.29. The van der Waals surface area contributed by atoms with E-state index in [-0.39, 0.29) is 33.7 Å². The molecule has 1 N–H and O–H groups in total. The largest absolute Gasteiger partial charge is 0.462 e. The second kappa shape index (κ2) is 12.3. The normalized spacial score (nSPS) is 35.5. The number of rotatable bonds is 9. The van der Waals surface area contributed by atoms with Gasteiger partial charge in [-0.1, -0.05) is 77.2 Å². The van der Waals surface area contributed by atoms with E-state index in [4.69, 9.17) is 9.84 Å². The predicted octanol–water partition coefficient (Wildman–Crippen LogP) is 8.21. The van der Waals surface area contributed by atoms with Crippen molar-refractivity contribution in [1.29, 1.82) is 0 Å². The molecule has 5 rings (SSSR count). The van der Waals surface area contributed by atoms with Crippen LogP contribution in [0.25, 0.3) is 0 Å². The van der Waals surface area contributed by atoms with Crippen LogP contribution in [0, 0.1) is 53.3 Å². The molecule has 43 heavy (non-hydrogen) atoms. The van der Waals surface area contributed by atoms with Gasteiger partial charge in [0.25, 0.3) is 10.0 Å². The Bertz CT molecular complexity index is 1350. The van der Waals surface area contributed by atoms with Gasteiger partial charge in [-0.3, -0.25) is 4.79 Å². The molecule has 238 valence electrons. The molecule has 0 amide bonds. The minimum atomic E-state index is -3.80. The molecule has 0 bridgehead atoms. The number of hydrogen-bond donors (Lipinski definition) is 1. The number of hydrogen-bond acceptors (Lipinski definition) is 5. The molecule has 0 aliphatic heterocycles. The van der Waals surface area contributed by atoms with Gasteiger partial charge in [0.15, 0.2) is 0 Å². The van der Waals surface area contributed by atoms with Crippen LogP contribution in [0.3, 0.4) is 0 Å². The molecule has 3 saturated carbocycles. The summed E-state index contributed by atoms with van der Waals surface area (Å²) in [5.74, 6) is 2.98. The first-order chi connectivity index (χ1) is 20.2. The zero-order valence-electron chi connectivity index (χ0n) is 27.5. The molecular formula is C36H54N2O4S. The molecule has 3 fully saturated rings. The smallest absolute Gasteiger partial charge is 0.302 e. The Labute approximate surface area is 260 Å². The lowest BCUT2D eigenvalue weighted by Gasteiger charge is -2.58. The molecule has 7 heteroatoms. The molecule has 0 radical (unpaired) electrons. The number of fused-ring (bicyclic) bond motifs is 5. The van der Waals surface area contributed by atoms with E-state index in [2.05, 4.69) is 45.5 Å². The molecule has 4 aliphatic rings. The maximum atomic E-state index is 13.3. The number of hydrazone groups is 1. The van der Waals surface area contributed by atoms with Gasteiger partial charge in [0.05, 0.1) is 10.6 Å². The molecule has 6 nitrogen and oxygen atoms in total. The van der Waals surface area contributed by atoms with E-state index in [0.29, 0.717) is 30.1 Å². The lowest BCUT2D eigenvalue weighted by atomic mass is 9.46. The van der Waals surface area contributed by atoms with Crippen LogP contribution in [-0.2, 0) is 19.6 Å². The van der Waals surface area contributed by atoms with Gasteiger partial charge in [-0.15, -0.1) is 0 Å². The first-order valence-electron chi connectivity index (χ1n) is 16.8. The molecule has 8 atom stereocenters. The van der Waals surface area contributed by atoms with Gasteiger partial charge in [0.1, 0.15) is 6.10 Å². The SMILES string of the molecule is CC(=O)OC1CCC2(C)C(=C/C(=N\NS(=O)(=O)c3ccc(C)cc3)C3C2CCC2(C)C(C(C)CCCC(C)C)CCC32)C1. The molecule has 1 aromatic carbocycles. The Morgan fingerprint density at radius 3 is 2.42 bits per heavy atom. The zero-order valence-corrected chi connectivity index (χ0v) is 28.3. The summed E-state index contributed by atoms with van der Waals surface area (Å²) in [5.41, 5.74) is 3.39. The molecular weight excluding hydrogens is 556 g/mol. The van der Waals surface area contributed by atoms with Crippen molar-refractivity contribution in [2.45, 2.75) is 124 Å². The van der Waals surface area contributed by atoms with Crippen molar-refractivity contribution in [3.63, 3.8) is 0 Å². The van der Waals surface area contributed by atoms with Crippen LogP contribution in [0.5, 0.6) is 0 Å². The summed E-state index contributed by atoms with van der Waals surface area (Å²) in [6.45, 7) is 15.5. The third kappa shape index (κ3) is 6.35. The van der Waals surface area contributed by atoms with Gasteiger partial charge in [-0.25, -0.2) is 0 Å². The van der Waals surface area contributed by atoms with Crippen LogP contribution < -0.4 is 4.83 Å². The lowest BCUT2D eigenvalue weighted by Crippen LogP contribution is -2.54. The van der Waals surface area contributed by atoms with E-state index < -0.39 is 10.0 Å². The highest BCUT2D eigenvalue weighted by molar-refractivity contribution is 7.89. The lowest BCUT2D eigenvalue weighted by molar-refractivity contribution is -0.148. The minimum Gasteiger partial charge on any atom is -0.462 e. The summed E-state index contributed by atoms with van der Waals surface area (Å²) in [6, 6.07) is 6.91. The number of esters is 1. The fraction of sp³-hybridized carbons (Fsp3) is 0.722. The van der Waals surface area contributed by atoms with E-state index >= 15 is 0 Å². The van der Waals surface area contributed by atoms with Crippen molar-refractivity contribution >= 4 is 21.7 Å². The van der Waals surface area contributed by atoms with E-state index in [1.165, 1.54) is 51.0 Å². The van der Waals surface area contributed by atoms with E-state index in [1.54, 1.807) is 12.1 Å². The van der Waals surface area contributed by atoms with E-state index in [1.807, 2.05) is 19.1 Å². The Hall–Kier alpha value is -2.15. The number of nitrogens with one attached hydrogen (secondary N) is 1. The molecule has 8 unspecified atom stereocenters. The first kappa shape index (κ1) is 32.2. The molecule has 0 heterocycles. The molecule has 0 saturated heterocycles. The molecule has 1 aromatic rings. The summed E-state index contributed by atoms with van der Waals surface area (Å²) in [7, 11) is -3.80. The maximum Gasteiger partial charge on any atom is 0.302 e. The van der Waals surface area contributed by atoms with E-state index in [9.17, 15) is 13.2 Å². The Morgan fingerprint density at radius 1 is 1.02 bits per heavy atom. The van der Waals surface area contributed by atoms with Gasteiger partial charge in [0, 0.05) is 19.3 Å². The molecule has 0 aromatic heterocycles. The number of carbonyl (C=O) groups excluding carboxylic acids is 1. The van der Waals surface area contributed by atoms with Crippen LogP contribution >= 0.6 is 0 Å². The van der Waals surface area contributed by atoms with Crippen LogP contribution in [0.1, 0.15) is 111 Å². The monoisotopic (exact) mass is 610 g/mol. The van der Waals surface area contributed by atoms with Crippen molar-refractivity contribution in [2.24, 2.45) is 51.4 Å². The van der Waals surface area contributed by atoms with Crippen LogP contribution in [0.4, 0.5) is 0 Å². The quantitative estimate of drug-likeness (QED) is 0.226. The zero-order chi connectivity index (χ0) is 31.2. The summed E-state index contributed by atoms with van der Waals surface area (Å²) in [6.07, 6.45) is 13.3. The number of benzene rings is 1. The Kier molecular flexibility index (Phi) is 9.25. The fourth-order valence-electron chi connectivity index (χ4n) is 9.74. The van der Waals surface area contributed by atoms with Crippen LogP contribution in [0.15, 0.2) is 45.9 Å². The summed E-state index contributed by atoms with van der Waals surface area (Å²) < 4.78 is 32.4. The van der Waals surface area contributed by atoms with Gasteiger partial charge >= 0.3 is 5.97 Å². The van der Waals surface area contributed by atoms with Gasteiger partial charge < -0.3 is 4.74 Å². The number of nitrogens with zero attached hydrogens (tertiary/aromatic N) is 1. The topological polar surface area (TPSA) is 84.8 Å². The summed E-state index contributed by atoms with van der Waals surface area (Å²) in [4.78, 5) is 14.7. The minimum absolute atomic E-state index is 0.0124. The number of aryl methyl sites for hydroxylation is 1. The third-order valence-electron chi connectivity index (χ3n) is 12.1. The highest BCUT2D eigenvalue weighted by Gasteiger charge is 2.61. The Balaban J connectivity index is 1.49. The predicted molar refractivity (Wildman–Crippen MR) is 173 cm³/mol. The highest BCUT2D eigenvalue weighted by Crippen LogP contribution is 2.67. The molecule has 0 spiro atoms. The number of allylic oxidation sites excluding steroid dienone is 1. The highest BCUT2D eigenvalue weighted by atomic mass is 32.2. The van der Waals surface area contributed by atoms with Crippen LogP contribution in [0.2, 0.25) is 0 Å². The number of carbonyl (C=O) groups is 1. The van der Waals surface area contributed by atoms with Gasteiger partial charge in [0.2, 0.25) is 0 Å². The molecule has 4 aliphatic carbocycles. The van der Waals surface area contributed by atoms with Crippen molar-refractivity contribution in [3.05, 3.63) is 41.5 Å². The number of ether oxygens (including phenoxy) is 1. The standard InChI is InChI=1S/C36H54N2O4S/c1-23(2)9-8-10-25(4)30-15-16-31-34-32(18-20-36(30,31)7)35(6)19-17-28(42-26(5)39)21-27(35)22-33(34)37-38-43(40,41)29-13-11-24(3)12-14-29/h11-14,22-23,25,28,30-32,34,38H,8-10,15-21H2,1-7H3/b37-33+. The van der Waals surface area contributed by atoms with Crippen molar-refractivity contribution < 1.29 is 17.9 Å². The van der Waals surface area contributed by atoms with Gasteiger partial charge in [-0.2, -0.15) is 18.4 Å². The summed E-state index contributed by atoms with van der Waals surface area (Å²) in [5, 5.41) is 4.77. The second-order valence-electron chi connectivity index (χ2n) is 15.3. The van der Waals surface area contributed by atoms with Crippen molar-refractivity contribution in [1.82, 2.24) is 4.83 Å². The maximum absolute atomic E-state index is 13.3. The number of sulfonamides is 1. The average molecular weight is 611 g/mol. The Morgan fingerprint density at radius 2 is 1.74 bits per heavy atom. The summed E-state index contributed by atoms with van der Waals surface area (Å²) >= 11 is 0.